The molecule has 1 saturated heterocycles. The first-order valence-corrected chi connectivity index (χ1v) is 16.1. The number of allylic oxidation sites excluding steroid dienone is 1. The summed E-state index contributed by atoms with van der Waals surface area (Å²) in [5.74, 6) is -5.49. The maximum atomic E-state index is 14.2. The largest absolute Gasteiger partial charge is 0.458 e. The van der Waals surface area contributed by atoms with Crippen LogP contribution in [-0.4, -0.2) is 83.4 Å². The van der Waals surface area contributed by atoms with Crippen LogP contribution < -0.4 is 21.3 Å². The Morgan fingerprint density at radius 3 is 1.92 bits per heavy atom. The van der Waals surface area contributed by atoms with Crippen LogP contribution in [0.4, 0.5) is 18.0 Å². The molecule has 1 aliphatic carbocycles. The number of hydrogen-bond acceptors (Lipinski definition) is 7. The Bertz CT molecular complexity index is 1370. The van der Waals surface area contributed by atoms with Crippen molar-refractivity contribution in [2.45, 2.75) is 112 Å². The highest BCUT2D eigenvalue weighted by molar-refractivity contribution is 6.42. The summed E-state index contributed by atoms with van der Waals surface area (Å²) in [7, 11) is 0. The van der Waals surface area contributed by atoms with E-state index in [2.05, 4.69) is 27.8 Å². The average Bonchev–Trinajstić information content (AvgIpc) is 3.24. The maximum Gasteiger partial charge on any atom is 0.392 e. The molecule has 0 aromatic rings. The van der Waals surface area contributed by atoms with E-state index in [1.54, 1.807) is 62.3 Å². The molecule has 1 aliphatic heterocycles. The highest BCUT2D eigenvalue weighted by atomic mass is 19.4. The number of halogens is 3. The molecule has 2 rings (SSSR count). The molecule has 49 heavy (non-hydrogen) atoms. The van der Waals surface area contributed by atoms with Crippen LogP contribution in [0.15, 0.2) is 24.4 Å². The molecule has 2 aliphatic rings. The van der Waals surface area contributed by atoms with Crippen LogP contribution in [0.1, 0.15) is 82.6 Å². The molecule has 0 spiro atoms. The smallest absolute Gasteiger partial charge is 0.392 e. The lowest BCUT2D eigenvalue weighted by molar-refractivity contribution is -0.160. The van der Waals surface area contributed by atoms with Gasteiger partial charge in [0.05, 0.1) is 12.1 Å². The molecule has 1 heterocycles. The third-order valence-electron chi connectivity index (χ3n) is 8.59. The van der Waals surface area contributed by atoms with Gasteiger partial charge in [-0.25, -0.2) is 9.59 Å². The van der Waals surface area contributed by atoms with Crippen molar-refractivity contribution >= 4 is 35.5 Å². The summed E-state index contributed by atoms with van der Waals surface area (Å²) in [6, 6.07) is -4.39. The summed E-state index contributed by atoms with van der Waals surface area (Å²) in [6.45, 7) is 22.5. The number of Topliss-reactive ketones (excluding diaryl/α,β-unsaturated/α-hetero) is 1. The molecule has 15 heteroatoms. The predicted molar refractivity (Wildman–Crippen MR) is 175 cm³/mol. The van der Waals surface area contributed by atoms with Gasteiger partial charge in [-0.05, 0) is 54.9 Å². The molecule has 0 bridgehead atoms. The van der Waals surface area contributed by atoms with Crippen molar-refractivity contribution in [2.24, 2.45) is 28.1 Å². The second-order valence-corrected chi connectivity index (χ2v) is 16.4. The second-order valence-electron chi connectivity index (χ2n) is 16.4. The van der Waals surface area contributed by atoms with Crippen molar-refractivity contribution in [1.29, 1.82) is 0 Å². The Balaban J connectivity index is 2.42. The Kier molecular flexibility index (Phi) is 12.2. The molecule has 0 unspecified atom stereocenters. The minimum absolute atomic E-state index is 0.0996. The highest BCUT2D eigenvalue weighted by Gasteiger charge is 2.70. The number of ketones is 1. The van der Waals surface area contributed by atoms with Gasteiger partial charge in [0.2, 0.25) is 11.8 Å². The van der Waals surface area contributed by atoms with E-state index >= 15 is 0 Å². The number of piperidine rings is 1. The lowest BCUT2D eigenvalue weighted by Crippen LogP contribution is -2.62. The van der Waals surface area contributed by atoms with Gasteiger partial charge < -0.3 is 30.9 Å². The van der Waals surface area contributed by atoms with Crippen LogP contribution in [-0.2, 0) is 28.7 Å². The molecular formula is C34H52F3N5O7. The lowest BCUT2D eigenvalue weighted by Gasteiger charge is -2.38. The number of likely N-dealkylation sites (tertiary alicyclic amines) is 1. The normalized spacial score (nSPS) is 21.8. The number of amides is 5. The Hall–Kier alpha value is -3.91. The standard InChI is InChI=1S/C34H52F3N5O7/c1-13-16-38-26(45)22(43)19(14-15-34(35,36)37)39-25(44)21-20-18(33(20,11)12)17-42(21)27(46)23(30(2,3)4)40-29(48)41-24(31(5,6)7)28(47)49-32(8,9)10/h13-14,18,20-21,23-24H,1,15-17H2,2-12H3,(H,38,45)(H,39,44)(H2,40,41,48)/b19-14+/t18-,20-,21-,23+,24+/m0/s1. The summed E-state index contributed by atoms with van der Waals surface area (Å²) >= 11 is 0. The Morgan fingerprint density at radius 2 is 1.45 bits per heavy atom. The number of nitrogens with zero attached hydrogens (tertiary/aromatic N) is 1. The number of hydrogen-bond donors (Lipinski definition) is 4. The van der Waals surface area contributed by atoms with Crippen LogP contribution >= 0.6 is 0 Å². The zero-order valence-electron chi connectivity index (χ0n) is 30.3. The second kappa shape index (κ2) is 14.5. The first-order valence-electron chi connectivity index (χ1n) is 16.1. The summed E-state index contributed by atoms with van der Waals surface area (Å²) in [4.78, 5) is 80.9. The third kappa shape index (κ3) is 10.8. The van der Waals surface area contributed by atoms with E-state index in [4.69, 9.17) is 4.74 Å². The first kappa shape index (κ1) is 41.3. The fourth-order valence-electron chi connectivity index (χ4n) is 5.91. The van der Waals surface area contributed by atoms with Crippen molar-refractivity contribution in [3.63, 3.8) is 0 Å². The van der Waals surface area contributed by atoms with Crippen LogP contribution in [0.2, 0.25) is 0 Å². The number of carbonyl (C=O) groups is 6. The van der Waals surface area contributed by atoms with Gasteiger partial charge in [-0.15, -0.1) is 6.58 Å². The Morgan fingerprint density at radius 1 is 0.918 bits per heavy atom. The van der Waals surface area contributed by atoms with E-state index in [9.17, 15) is 41.9 Å². The van der Waals surface area contributed by atoms with Gasteiger partial charge in [0, 0.05) is 13.1 Å². The number of urea groups is 1. The third-order valence-corrected chi connectivity index (χ3v) is 8.59. The molecule has 2 fully saturated rings. The van der Waals surface area contributed by atoms with Crippen molar-refractivity contribution in [3.8, 4) is 0 Å². The van der Waals surface area contributed by atoms with Gasteiger partial charge >= 0.3 is 18.2 Å². The van der Waals surface area contributed by atoms with Crippen molar-refractivity contribution in [2.75, 3.05) is 13.1 Å². The summed E-state index contributed by atoms with van der Waals surface area (Å²) < 4.78 is 44.9. The number of nitrogens with one attached hydrogen (secondary N) is 4. The van der Waals surface area contributed by atoms with Crippen molar-refractivity contribution in [3.05, 3.63) is 24.4 Å². The molecule has 1 saturated carbocycles. The number of alkyl halides is 3. The number of esters is 1. The summed E-state index contributed by atoms with van der Waals surface area (Å²) in [5, 5.41) is 9.67. The fourth-order valence-corrected chi connectivity index (χ4v) is 5.91. The van der Waals surface area contributed by atoms with E-state index in [1.807, 2.05) is 13.8 Å². The van der Waals surface area contributed by atoms with Gasteiger partial charge in [-0.3, -0.25) is 19.2 Å². The van der Waals surface area contributed by atoms with E-state index < -0.39 is 99.7 Å². The monoisotopic (exact) mass is 699 g/mol. The zero-order chi connectivity index (χ0) is 38.1. The predicted octanol–water partition coefficient (Wildman–Crippen LogP) is 3.76. The number of fused-ring (bicyclic) bond motifs is 1. The van der Waals surface area contributed by atoms with Gasteiger partial charge in [-0.2, -0.15) is 13.2 Å². The zero-order valence-corrected chi connectivity index (χ0v) is 30.3. The molecular weight excluding hydrogens is 647 g/mol. The van der Waals surface area contributed by atoms with Gasteiger partial charge in [0.15, 0.2) is 0 Å². The Labute approximate surface area is 286 Å². The molecule has 0 radical (unpaired) electrons. The van der Waals surface area contributed by atoms with Crippen LogP contribution in [0, 0.1) is 28.1 Å². The fraction of sp³-hybridized carbons (Fsp3) is 0.706. The molecule has 4 N–H and O–H groups in total. The number of ether oxygens (including phenoxy) is 1. The average molecular weight is 700 g/mol. The van der Waals surface area contributed by atoms with Crippen molar-refractivity contribution in [1.82, 2.24) is 26.2 Å². The van der Waals surface area contributed by atoms with Crippen molar-refractivity contribution < 1.29 is 46.7 Å². The van der Waals surface area contributed by atoms with E-state index in [0.29, 0.717) is 6.08 Å². The molecule has 276 valence electrons. The molecule has 12 nitrogen and oxygen atoms in total. The van der Waals surface area contributed by atoms with Gasteiger partial charge in [0.1, 0.15) is 23.7 Å². The van der Waals surface area contributed by atoms with E-state index in [1.165, 1.54) is 11.0 Å². The minimum Gasteiger partial charge on any atom is -0.458 e. The SMILES string of the molecule is C=CCNC(=O)C(=O)/C(=C\CC(F)(F)F)NC(=O)[C@@H]1[C@@H]2[C@H](CN1C(=O)[C@@H](NC(=O)N[C@H](C(=O)OC(C)(C)C)C(C)(C)C)C(C)(C)C)C2(C)C. The highest BCUT2D eigenvalue weighted by Crippen LogP contribution is 2.65. The summed E-state index contributed by atoms with van der Waals surface area (Å²) in [5.41, 5.74) is -3.82. The molecule has 5 amide bonds. The van der Waals surface area contributed by atoms with E-state index in [0.717, 1.165) is 0 Å². The topological polar surface area (TPSA) is 163 Å². The van der Waals surface area contributed by atoms with Crippen LogP contribution in [0.25, 0.3) is 0 Å². The number of rotatable bonds is 11. The minimum atomic E-state index is -4.74. The molecule has 0 aromatic carbocycles. The van der Waals surface area contributed by atoms with Gasteiger partial charge in [0.25, 0.3) is 11.7 Å². The van der Waals surface area contributed by atoms with Crippen LogP contribution in [0.3, 0.4) is 0 Å². The molecule has 5 atom stereocenters. The maximum absolute atomic E-state index is 14.2. The quantitative estimate of drug-likeness (QED) is 0.110. The number of carbonyl (C=O) groups excluding carboxylic acids is 6. The molecule has 0 aromatic heterocycles. The van der Waals surface area contributed by atoms with Gasteiger partial charge in [-0.1, -0.05) is 61.5 Å². The van der Waals surface area contributed by atoms with E-state index in [-0.39, 0.29) is 19.0 Å². The van der Waals surface area contributed by atoms with Crippen LogP contribution in [0.5, 0.6) is 0 Å². The first-order chi connectivity index (χ1) is 22.0. The lowest BCUT2D eigenvalue weighted by atomic mass is 9.85. The summed E-state index contributed by atoms with van der Waals surface area (Å²) in [6.07, 6.45) is -4.65.